The Hall–Kier alpha value is 0.0169. The van der Waals surface area contributed by atoms with Crippen molar-refractivity contribution in [2.24, 2.45) is 0 Å². The van der Waals surface area contributed by atoms with Crippen LogP contribution in [0.5, 0.6) is 0 Å². The first-order chi connectivity index (χ1) is 5.11. The first kappa shape index (κ1) is 9.11. The fourth-order valence-electron chi connectivity index (χ4n) is 1.03. The molecular formula is C8H9Cl2Si. The summed E-state index contributed by atoms with van der Waals surface area (Å²) in [7, 11) is -1.31. The smallest absolute Gasteiger partial charge is 0.140 e. The molecule has 0 aliphatic heterocycles. The van der Waals surface area contributed by atoms with Crippen molar-refractivity contribution >= 4 is 34.8 Å². The minimum Gasteiger partial charge on any atom is -0.140 e. The highest BCUT2D eigenvalue weighted by Crippen LogP contribution is 2.05. The van der Waals surface area contributed by atoms with E-state index >= 15 is 0 Å². The van der Waals surface area contributed by atoms with Gasteiger partial charge in [0.15, 0.2) is 0 Å². The number of hydrogen-bond donors (Lipinski definition) is 0. The van der Waals surface area contributed by atoms with E-state index in [1.807, 2.05) is 19.1 Å². The van der Waals surface area contributed by atoms with Crippen molar-refractivity contribution in [2.45, 2.75) is 13.8 Å². The van der Waals surface area contributed by atoms with Crippen LogP contribution in [0.3, 0.4) is 0 Å². The van der Waals surface area contributed by atoms with Gasteiger partial charge in [0, 0.05) is 0 Å². The molecule has 1 aromatic carbocycles. The molecule has 0 unspecified atom stereocenters. The molecule has 3 heteroatoms. The summed E-state index contributed by atoms with van der Waals surface area (Å²) in [6, 6.07) is 6.15. The lowest BCUT2D eigenvalue weighted by molar-refractivity contribution is 1.41. The second-order valence-electron chi connectivity index (χ2n) is 2.58. The van der Waals surface area contributed by atoms with Crippen LogP contribution in [0.4, 0.5) is 0 Å². The number of hydrogen-bond acceptors (Lipinski definition) is 0. The van der Waals surface area contributed by atoms with E-state index in [1.165, 1.54) is 11.1 Å². The van der Waals surface area contributed by atoms with Crippen LogP contribution in [0.2, 0.25) is 0 Å². The van der Waals surface area contributed by atoms with E-state index in [2.05, 4.69) is 13.0 Å². The average Bonchev–Trinajstić information content (AvgIpc) is 1.85. The Labute approximate surface area is 78.2 Å². The summed E-state index contributed by atoms with van der Waals surface area (Å²) >= 11 is 11.7. The van der Waals surface area contributed by atoms with Crippen molar-refractivity contribution in [1.29, 1.82) is 0 Å². The number of benzene rings is 1. The largest absolute Gasteiger partial charge is 0.307 e. The van der Waals surface area contributed by atoms with Gasteiger partial charge in [-0.25, -0.2) is 0 Å². The highest BCUT2D eigenvalue weighted by atomic mass is 35.7. The van der Waals surface area contributed by atoms with Crippen molar-refractivity contribution in [1.82, 2.24) is 0 Å². The molecule has 59 valence electrons. The zero-order chi connectivity index (χ0) is 8.43. The molecule has 0 saturated carbocycles. The summed E-state index contributed by atoms with van der Waals surface area (Å²) in [5.74, 6) is 0. The highest BCUT2D eigenvalue weighted by Gasteiger charge is 2.09. The van der Waals surface area contributed by atoms with Gasteiger partial charge in [-0.15, -0.1) is 22.2 Å². The van der Waals surface area contributed by atoms with E-state index in [4.69, 9.17) is 22.2 Å². The number of aryl methyl sites for hydroxylation is 2. The molecule has 0 spiro atoms. The molecule has 11 heavy (non-hydrogen) atoms. The topological polar surface area (TPSA) is 0 Å². The third kappa shape index (κ3) is 2.22. The predicted molar refractivity (Wildman–Crippen MR) is 53.0 cm³/mol. The summed E-state index contributed by atoms with van der Waals surface area (Å²) in [4.78, 5) is 0. The molecule has 0 nitrogen and oxygen atoms in total. The van der Waals surface area contributed by atoms with Crippen molar-refractivity contribution in [2.75, 3.05) is 0 Å². The summed E-state index contributed by atoms with van der Waals surface area (Å²) in [5.41, 5.74) is 2.45. The minimum absolute atomic E-state index is 1.10. The molecule has 0 amide bonds. The van der Waals surface area contributed by atoms with E-state index in [-0.39, 0.29) is 0 Å². The van der Waals surface area contributed by atoms with Crippen molar-refractivity contribution in [3.63, 3.8) is 0 Å². The SMILES string of the molecule is Cc1ccc([Si](Cl)Cl)c(C)c1. The van der Waals surface area contributed by atoms with E-state index in [0.29, 0.717) is 0 Å². The van der Waals surface area contributed by atoms with Gasteiger partial charge in [0.2, 0.25) is 0 Å². The Morgan fingerprint density at radius 2 is 1.82 bits per heavy atom. The molecule has 0 atom stereocenters. The summed E-state index contributed by atoms with van der Waals surface area (Å²) < 4.78 is 0. The van der Waals surface area contributed by atoms with Crippen LogP contribution in [-0.2, 0) is 0 Å². The monoisotopic (exact) mass is 203 g/mol. The number of rotatable bonds is 1. The Kier molecular flexibility index (Phi) is 2.99. The van der Waals surface area contributed by atoms with E-state index in [1.54, 1.807) is 0 Å². The summed E-state index contributed by atoms with van der Waals surface area (Å²) in [6.07, 6.45) is 0. The molecule has 0 aliphatic carbocycles. The van der Waals surface area contributed by atoms with Gasteiger partial charge < -0.3 is 0 Å². The fraction of sp³-hybridized carbons (Fsp3) is 0.250. The molecular weight excluding hydrogens is 195 g/mol. The molecule has 0 aliphatic rings. The fourth-order valence-corrected chi connectivity index (χ4v) is 2.88. The Morgan fingerprint density at radius 1 is 1.18 bits per heavy atom. The van der Waals surface area contributed by atoms with Gasteiger partial charge in [0.25, 0.3) is 0 Å². The lowest BCUT2D eigenvalue weighted by Crippen LogP contribution is -2.21. The predicted octanol–water partition coefficient (Wildman–Crippen LogP) is 2.48. The van der Waals surface area contributed by atoms with Crippen LogP contribution < -0.4 is 5.19 Å². The molecule has 0 bridgehead atoms. The van der Waals surface area contributed by atoms with Crippen LogP contribution in [-0.4, -0.2) is 7.42 Å². The lowest BCUT2D eigenvalue weighted by Gasteiger charge is -2.04. The summed E-state index contributed by atoms with van der Waals surface area (Å²) in [6.45, 7) is 4.10. The van der Waals surface area contributed by atoms with Gasteiger partial charge in [-0.3, -0.25) is 0 Å². The van der Waals surface area contributed by atoms with Gasteiger partial charge >= 0.3 is 7.42 Å². The maximum atomic E-state index is 5.83. The normalized spacial score (nSPS) is 10.6. The average molecular weight is 204 g/mol. The lowest BCUT2D eigenvalue weighted by atomic mass is 10.2. The maximum absolute atomic E-state index is 5.83. The van der Waals surface area contributed by atoms with Crippen LogP contribution in [0.15, 0.2) is 18.2 Å². The molecule has 0 fully saturated rings. The first-order valence-electron chi connectivity index (χ1n) is 3.37. The summed E-state index contributed by atoms with van der Waals surface area (Å²) in [5, 5.41) is 1.10. The maximum Gasteiger partial charge on any atom is 0.307 e. The third-order valence-corrected chi connectivity index (χ3v) is 3.78. The molecule has 0 N–H and O–H groups in total. The van der Waals surface area contributed by atoms with E-state index in [9.17, 15) is 0 Å². The highest BCUT2D eigenvalue weighted by molar-refractivity contribution is 7.39. The molecule has 0 heterocycles. The quantitative estimate of drug-likeness (QED) is 0.487. The van der Waals surface area contributed by atoms with Crippen LogP contribution in [0.1, 0.15) is 11.1 Å². The minimum atomic E-state index is -1.31. The Balaban J connectivity index is 3.09. The zero-order valence-corrected chi connectivity index (χ0v) is 9.00. The van der Waals surface area contributed by atoms with Gasteiger partial charge in [-0.2, -0.15) is 0 Å². The van der Waals surface area contributed by atoms with E-state index in [0.717, 1.165) is 5.19 Å². The van der Waals surface area contributed by atoms with Crippen molar-refractivity contribution in [3.05, 3.63) is 29.3 Å². The molecule has 1 aromatic rings. The Bertz CT molecular complexity index is 258. The van der Waals surface area contributed by atoms with Gasteiger partial charge in [-0.05, 0) is 24.6 Å². The van der Waals surface area contributed by atoms with E-state index < -0.39 is 7.42 Å². The third-order valence-electron chi connectivity index (χ3n) is 1.59. The van der Waals surface area contributed by atoms with Crippen LogP contribution >= 0.6 is 22.2 Å². The Morgan fingerprint density at radius 3 is 2.27 bits per heavy atom. The van der Waals surface area contributed by atoms with Crippen LogP contribution in [0.25, 0.3) is 0 Å². The molecule has 0 aromatic heterocycles. The number of halogens is 2. The molecule has 0 saturated heterocycles. The molecule has 1 radical (unpaired) electrons. The van der Waals surface area contributed by atoms with Gasteiger partial charge in [0.1, 0.15) is 0 Å². The van der Waals surface area contributed by atoms with Gasteiger partial charge in [0.05, 0.1) is 0 Å². The van der Waals surface area contributed by atoms with Gasteiger partial charge in [-0.1, -0.05) is 23.8 Å². The van der Waals surface area contributed by atoms with Crippen molar-refractivity contribution in [3.8, 4) is 0 Å². The zero-order valence-electron chi connectivity index (χ0n) is 6.49. The second kappa shape index (κ2) is 3.61. The van der Waals surface area contributed by atoms with Crippen LogP contribution in [0, 0.1) is 13.8 Å². The van der Waals surface area contributed by atoms with Crippen molar-refractivity contribution < 1.29 is 0 Å². The second-order valence-corrected chi connectivity index (χ2v) is 6.49. The molecule has 1 rings (SSSR count). The standard InChI is InChI=1S/C8H9Cl2Si/c1-6-3-4-8(11(9)10)7(2)5-6/h3-5H,1-2H3. The first-order valence-corrected chi connectivity index (χ1v) is 6.89.